The number of aliphatic hydroxyl groups excluding tert-OH is 1. The minimum Gasteiger partial charge on any atom is -0.496 e. The second-order valence-electron chi connectivity index (χ2n) is 6.93. The lowest BCUT2D eigenvalue weighted by Gasteiger charge is -2.33. The van der Waals surface area contributed by atoms with Crippen LogP contribution in [0.5, 0.6) is 5.75 Å². The Hall–Kier alpha value is -1.75. The van der Waals surface area contributed by atoms with Crippen LogP contribution in [0.2, 0.25) is 0 Å². The van der Waals surface area contributed by atoms with Crippen LogP contribution in [0.3, 0.4) is 0 Å². The molecule has 5 nitrogen and oxygen atoms in total. The van der Waals surface area contributed by atoms with Gasteiger partial charge in [0.25, 0.3) is 0 Å². The fourth-order valence-electron chi connectivity index (χ4n) is 3.13. The molecule has 2 N–H and O–H groups in total. The van der Waals surface area contributed by atoms with Crippen molar-refractivity contribution in [1.82, 2.24) is 10.2 Å². The van der Waals surface area contributed by atoms with Gasteiger partial charge >= 0.3 is 6.03 Å². The van der Waals surface area contributed by atoms with Crippen molar-refractivity contribution in [2.75, 3.05) is 26.8 Å². The zero-order chi connectivity index (χ0) is 17.5. The zero-order valence-corrected chi connectivity index (χ0v) is 15.0. The van der Waals surface area contributed by atoms with Gasteiger partial charge in [-0.1, -0.05) is 32.0 Å². The van der Waals surface area contributed by atoms with Crippen LogP contribution in [-0.2, 0) is 6.42 Å². The number of likely N-dealkylation sites (tertiary alicyclic amines) is 1. The Morgan fingerprint density at radius 3 is 2.58 bits per heavy atom. The SMILES string of the molecule is COc1ccccc1CC(NC(=O)N1CCC(CO)CC1)C(C)C. The molecule has 0 bridgehead atoms. The second kappa shape index (κ2) is 8.92. The fourth-order valence-corrected chi connectivity index (χ4v) is 3.13. The van der Waals surface area contributed by atoms with E-state index >= 15 is 0 Å². The van der Waals surface area contributed by atoms with Crippen molar-refractivity contribution in [3.63, 3.8) is 0 Å². The number of aliphatic hydroxyl groups is 1. The number of amides is 2. The van der Waals surface area contributed by atoms with Gasteiger partial charge in [-0.3, -0.25) is 0 Å². The van der Waals surface area contributed by atoms with E-state index in [2.05, 4.69) is 19.2 Å². The largest absolute Gasteiger partial charge is 0.496 e. The van der Waals surface area contributed by atoms with Crippen molar-refractivity contribution in [3.8, 4) is 5.75 Å². The minimum absolute atomic E-state index is 0.0000113. The lowest BCUT2D eigenvalue weighted by molar-refractivity contribution is 0.134. The van der Waals surface area contributed by atoms with E-state index in [0.29, 0.717) is 11.8 Å². The Morgan fingerprint density at radius 1 is 1.33 bits per heavy atom. The number of benzene rings is 1. The number of hydrogen-bond donors (Lipinski definition) is 2. The van der Waals surface area contributed by atoms with Crippen LogP contribution < -0.4 is 10.1 Å². The molecular formula is C19H30N2O3. The van der Waals surface area contributed by atoms with Gasteiger partial charge in [-0.2, -0.15) is 0 Å². The standard InChI is InChI=1S/C19H30N2O3/c1-14(2)17(12-16-6-4-5-7-18(16)24-3)20-19(23)21-10-8-15(13-22)9-11-21/h4-7,14-15,17,22H,8-13H2,1-3H3,(H,20,23). The number of piperidine rings is 1. The van der Waals surface area contributed by atoms with Crippen molar-refractivity contribution in [2.45, 2.75) is 39.2 Å². The number of nitrogens with one attached hydrogen (secondary N) is 1. The van der Waals surface area contributed by atoms with E-state index in [9.17, 15) is 9.90 Å². The van der Waals surface area contributed by atoms with E-state index in [0.717, 1.165) is 43.7 Å². The van der Waals surface area contributed by atoms with Gasteiger partial charge in [-0.25, -0.2) is 4.79 Å². The van der Waals surface area contributed by atoms with E-state index < -0.39 is 0 Å². The molecule has 0 aromatic heterocycles. The van der Waals surface area contributed by atoms with Crippen molar-refractivity contribution in [1.29, 1.82) is 0 Å². The normalized spacial score (nSPS) is 17.0. The highest BCUT2D eigenvalue weighted by molar-refractivity contribution is 5.74. The average Bonchev–Trinajstić information content (AvgIpc) is 2.61. The molecule has 1 aromatic carbocycles. The monoisotopic (exact) mass is 334 g/mol. The van der Waals surface area contributed by atoms with E-state index in [-0.39, 0.29) is 18.7 Å². The third-order valence-electron chi connectivity index (χ3n) is 4.91. The molecule has 1 aliphatic heterocycles. The highest BCUT2D eigenvalue weighted by Gasteiger charge is 2.25. The first-order chi connectivity index (χ1) is 11.5. The number of hydrogen-bond acceptors (Lipinski definition) is 3. The Morgan fingerprint density at radius 2 is 2.00 bits per heavy atom. The Kier molecular flexibility index (Phi) is 6.91. The molecular weight excluding hydrogens is 304 g/mol. The summed E-state index contributed by atoms with van der Waals surface area (Å²) in [5, 5.41) is 12.4. The molecule has 0 aliphatic carbocycles. The van der Waals surface area contributed by atoms with Crippen LogP contribution in [0.1, 0.15) is 32.3 Å². The first-order valence-corrected chi connectivity index (χ1v) is 8.83. The third-order valence-corrected chi connectivity index (χ3v) is 4.91. The van der Waals surface area contributed by atoms with E-state index in [1.54, 1.807) is 7.11 Å². The summed E-state index contributed by atoms with van der Waals surface area (Å²) < 4.78 is 5.42. The quantitative estimate of drug-likeness (QED) is 0.841. The molecule has 2 amide bonds. The molecule has 1 saturated heterocycles. The molecule has 1 atom stereocenters. The van der Waals surface area contributed by atoms with Gasteiger partial charge in [0.05, 0.1) is 7.11 Å². The van der Waals surface area contributed by atoms with Gasteiger partial charge in [0.1, 0.15) is 5.75 Å². The highest BCUT2D eigenvalue weighted by Crippen LogP contribution is 2.22. The Labute approximate surface area is 145 Å². The van der Waals surface area contributed by atoms with Crippen molar-refractivity contribution < 1.29 is 14.6 Å². The summed E-state index contributed by atoms with van der Waals surface area (Å²) in [6.07, 6.45) is 2.51. The van der Waals surface area contributed by atoms with Gasteiger partial charge in [0, 0.05) is 25.7 Å². The lowest BCUT2D eigenvalue weighted by Crippen LogP contribution is -2.50. The van der Waals surface area contributed by atoms with Crippen LogP contribution in [0.4, 0.5) is 4.79 Å². The van der Waals surface area contributed by atoms with Crippen molar-refractivity contribution in [2.24, 2.45) is 11.8 Å². The number of carbonyl (C=O) groups is 1. The Balaban J connectivity index is 1.97. The molecule has 1 aliphatic rings. The molecule has 134 valence electrons. The molecule has 1 unspecified atom stereocenters. The molecule has 24 heavy (non-hydrogen) atoms. The maximum absolute atomic E-state index is 12.6. The van der Waals surface area contributed by atoms with Crippen molar-refractivity contribution >= 4 is 6.03 Å². The maximum Gasteiger partial charge on any atom is 0.317 e. The predicted octanol–water partition coefficient (Wildman–Crippen LogP) is 2.68. The van der Waals surface area contributed by atoms with Gasteiger partial charge in [0.15, 0.2) is 0 Å². The molecule has 1 heterocycles. The first kappa shape index (κ1) is 18.6. The molecule has 2 rings (SSSR count). The maximum atomic E-state index is 12.6. The van der Waals surface area contributed by atoms with Crippen LogP contribution in [0, 0.1) is 11.8 Å². The number of methoxy groups -OCH3 is 1. The van der Waals surface area contributed by atoms with Crippen LogP contribution in [0.15, 0.2) is 24.3 Å². The second-order valence-corrected chi connectivity index (χ2v) is 6.93. The molecule has 1 fully saturated rings. The van der Waals surface area contributed by atoms with Crippen LogP contribution in [0.25, 0.3) is 0 Å². The smallest absolute Gasteiger partial charge is 0.317 e. The number of ether oxygens (including phenoxy) is 1. The summed E-state index contributed by atoms with van der Waals surface area (Å²) >= 11 is 0. The fraction of sp³-hybridized carbons (Fsp3) is 0.632. The summed E-state index contributed by atoms with van der Waals surface area (Å²) in [6.45, 7) is 5.90. The minimum atomic E-state index is -0.0000113. The Bertz CT molecular complexity index is 525. The molecule has 1 aromatic rings. The summed E-state index contributed by atoms with van der Waals surface area (Å²) in [5.41, 5.74) is 1.11. The summed E-state index contributed by atoms with van der Waals surface area (Å²) in [4.78, 5) is 14.4. The predicted molar refractivity (Wildman–Crippen MR) is 95.2 cm³/mol. The van der Waals surface area contributed by atoms with E-state index in [1.165, 1.54) is 0 Å². The van der Waals surface area contributed by atoms with Crippen LogP contribution in [-0.4, -0.2) is 48.9 Å². The van der Waals surface area contributed by atoms with E-state index in [4.69, 9.17) is 4.74 Å². The molecule has 0 spiro atoms. The van der Waals surface area contributed by atoms with Gasteiger partial charge in [-0.05, 0) is 42.7 Å². The topological polar surface area (TPSA) is 61.8 Å². The summed E-state index contributed by atoms with van der Waals surface area (Å²) in [5.74, 6) is 1.53. The average molecular weight is 334 g/mol. The third kappa shape index (κ3) is 4.87. The number of urea groups is 1. The first-order valence-electron chi connectivity index (χ1n) is 8.83. The molecule has 5 heteroatoms. The zero-order valence-electron chi connectivity index (χ0n) is 15.0. The van der Waals surface area contributed by atoms with Gasteiger partial charge < -0.3 is 20.1 Å². The molecule has 0 radical (unpaired) electrons. The number of nitrogens with zero attached hydrogens (tertiary/aromatic N) is 1. The number of rotatable bonds is 6. The highest BCUT2D eigenvalue weighted by atomic mass is 16.5. The summed E-state index contributed by atoms with van der Waals surface area (Å²) in [7, 11) is 1.67. The lowest BCUT2D eigenvalue weighted by atomic mass is 9.95. The van der Waals surface area contributed by atoms with Gasteiger partial charge in [0.2, 0.25) is 0 Å². The number of carbonyl (C=O) groups excluding carboxylic acids is 1. The van der Waals surface area contributed by atoms with Crippen molar-refractivity contribution in [3.05, 3.63) is 29.8 Å². The molecule has 0 saturated carbocycles. The van der Waals surface area contributed by atoms with Gasteiger partial charge in [-0.15, -0.1) is 0 Å². The summed E-state index contributed by atoms with van der Waals surface area (Å²) in [6, 6.07) is 8.01. The van der Waals surface area contributed by atoms with E-state index in [1.807, 2.05) is 29.2 Å². The number of para-hydroxylation sites is 1. The van der Waals surface area contributed by atoms with Crippen LogP contribution >= 0.6 is 0 Å².